The molecule has 0 aliphatic heterocycles. The Labute approximate surface area is 152 Å². The fraction of sp³-hybridized carbons (Fsp3) is 0.333. The molecular formula is C18H21N3O4S. The van der Waals surface area contributed by atoms with Crippen LogP contribution >= 0.6 is 0 Å². The van der Waals surface area contributed by atoms with Gasteiger partial charge in [-0.1, -0.05) is 31.2 Å². The lowest BCUT2D eigenvalue weighted by Gasteiger charge is -2.14. The minimum absolute atomic E-state index is 0.0723. The van der Waals surface area contributed by atoms with Gasteiger partial charge in [0.05, 0.1) is 18.1 Å². The molecule has 26 heavy (non-hydrogen) atoms. The van der Waals surface area contributed by atoms with Crippen molar-refractivity contribution in [2.45, 2.75) is 31.6 Å². The van der Waals surface area contributed by atoms with Gasteiger partial charge in [-0.25, -0.2) is 0 Å². The van der Waals surface area contributed by atoms with E-state index in [1.165, 1.54) is 12.1 Å². The largest absolute Gasteiger partial charge is 0.490 e. The second-order valence-electron chi connectivity index (χ2n) is 5.73. The molecule has 7 nitrogen and oxygen atoms in total. The molecule has 0 fully saturated rings. The van der Waals surface area contributed by atoms with Crippen LogP contribution in [-0.4, -0.2) is 36.0 Å². The van der Waals surface area contributed by atoms with Crippen molar-refractivity contribution in [1.82, 2.24) is 14.4 Å². The maximum atomic E-state index is 13.0. The Kier molecular flexibility index (Phi) is 5.41. The zero-order valence-corrected chi connectivity index (χ0v) is 15.6. The molecule has 0 atom stereocenters. The fourth-order valence-corrected chi connectivity index (χ4v) is 3.67. The second-order valence-corrected chi connectivity index (χ2v) is 7.50. The van der Waals surface area contributed by atoms with Gasteiger partial charge in [-0.3, -0.25) is 0 Å². The van der Waals surface area contributed by atoms with Gasteiger partial charge in [0.15, 0.2) is 11.5 Å². The van der Waals surface area contributed by atoms with Gasteiger partial charge >= 0.3 is 0 Å². The average molecular weight is 375 g/mol. The molecule has 0 spiro atoms. The van der Waals surface area contributed by atoms with E-state index in [1.807, 2.05) is 13.8 Å². The average Bonchev–Trinajstić information content (AvgIpc) is 3.10. The zero-order chi connectivity index (χ0) is 18.6. The number of ether oxygens (including phenoxy) is 2. The Morgan fingerprint density at radius 1 is 0.962 bits per heavy atom. The van der Waals surface area contributed by atoms with Gasteiger partial charge in [-0.15, -0.1) is 9.19 Å². The highest BCUT2D eigenvalue weighted by Gasteiger charge is 2.23. The molecule has 0 saturated heterocycles. The number of benzene rings is 2. The van der Waals surface area contributed by atoms with E-state index in [4.69, 9.17) is 9.47 Å². The predicted molar refractivity (Wildman–Crippen MR) is 98.1 cm³/mol. The van der Waals surface area contributed by atoms with E-state index in [0.29, 0.717) is 35.7 Å². The Hall–Kier alpha value is -2.61. The van der Waals surface area contributed by atoms with E-state index >= 15 is 0 Å². The summed E-state index contributed by atoms with van der Waals surface area (Å²) in [5.74, 6) is 0.938. The molecule has 0 saturated carbocycles. The third-order valence-corrected chi connectivity index (χ3v) is 5.26. The summed E-state index contributed by atoms with van der Waals surface area (Å²) in [5.41, 5.74) is 0.941. The van der Waals surface area contributed by atoms with Crippen molar-refractivity contribution in [2.75, 3.05) is 13.2 Å². The SMILES string of the molecule is CCCOc1ccc(S(=O)(=O)n2nnc3ccccc32)cc1OCCC. The van der Waals surface area contributed by atoms with Crippen LogP contribution in [0.5, 0.6) is 11.5 Å². The van der Waals surface area contributed by atoms with Crippen molar-refractivity contribution in [3.63, 3.8) is 0 Å². The molecular weight excluding hydrogens is 354 g/mol. The van der Waals surface area contributed by atoms with E-state index in [9.17, 15) is 8.42 Å². The molecule has 1 aromatic heterocycles. The quantitative estimate of drug-likeness (QED) is 0.601. The van der Waals surface area contributed by atoms with Crippen LogP contribution in [0, 0.1) is 0 Å². The van der Waals surface area contributed by atoms with E-state index in [2.05, 4.69) is 10.3 Å². The topological polar surface area (TPSA) is 83.3 Å². The minimum atomic E-state index is -3.90. The van der Waals surface area contributed by atoms with Crippen molar-refractivity contribution < 1.29 is 17.9 Å². The van der Waals surface area contributed by atoms with Crippen LogP contribution in [-0.2, 0) is 10.0 Å². The number of rotatable bonds is 8. The Morgan fingerprint density at radius 2 is 1.65 bits per heavy atom. The van der Waals surface area contributed by atoms with Gasteiger partial charge in [0.1, 0.15) is 11.0 Å². The molecule has 0 N–H and O–H groups in total. The Bertz CT molecular complexity index is 999. The maximum absolute atomic E-state index is 13.0. The third-order valence-electron chi connectivity index (χ3n) is 3.69. The molecule has 0 aliphatic carbocycles. The van der Waals surface area contributed by atoms with Crippen molar-refractivity contribution in [3.05, 3.63) is 42.5 Å². The molecule has 138 valence electrons. The second kappa shape index (κ2) is 7.74. The Balaban J connectivity index is 2.04. The maximum Gasteiger partial charge on any atom is 0.285 e. The number of hydrogen-bond donors (Lipinski definition) is 0. The van der Waals surface area contributed by atoms with E-state index in [-0.39, 0.29) is 4.90 Å². The highest BCUT2D eigenvalue weighted by molar-refractivity contribution is 7.90. The van der Waals surface area contributed by atoms with Crippen LogP contribution < -0.4 is 9.47 Å². The number of fused-ring (bicyclic) bond motifs is 1. The van der Waals surface area contributed by atoms with Gasteiger partial charge in [-0.2, -0.15) is 8.42 Å². The van der Waals surface area contributed by atoms with Crippen LogP contribution in [0.1, 0.15) is 26.7 Å². The molecule has 0 amide bonds. The van der Waals surface area contributed by atoms with Crippen molar-refractivity contribution in [1.29, 1.82) is 0 Å². The molecule has 3 aromatic rings. The van der Waals surface area contributed by atoms with Crippen molar-refractivity contribution in [2.24, 2.45) is 0 Å². The zero-order valence-electron chi connectivity index (χ0n) is 14.8. The first-order valence-electron chi connectivity index (χ1n) is 8.53. The van der Waals surface area contributed by atoms with Gasteiger partial charge in [0.2, 0.25) is 0 Å². The number of para-hydroxylation sites is 1. The molecule has 1 heterocycles. The summed E-state index contributed by atoms with van der Waals surface area (Å²) in [5, 5.41) is 7.73. The summed E-state index contributed by atoms with van der Waals surface area (Å²) in [6.07, 6.45) is 1.65. The smallest absolute Gasteiger partial charge is 0.285 e. The highest BCUT2D eigenvalue weighted by atomic mass is 32.2. The summed E-state index contributed by atoms with van der Waals surface area (Å²) in [4.78, 5) is 0.0723. The summed E-state index contributed by atoms with van der Waals surface area (Å²) in [6.45, 7) is 4.98. The van der Waals surface area contributed by atoms with Gasteiger partial charge in [-0.05, 0) is 37.1 Å². The number of hydrogen-bond acceptors (Lipinski definition) is 6. The van der Waals surface area contributed by atoms with Gasteiger partial charge in [0.25, 0.3) is 10.0 Å². The van der Waals surface area contributed by atoms with Crippen LogP contribution in [0.15, 0.2) is 47.4 Å². The minimum Gasteiger partial charge on any atom is -0.490 e. The molecule has 0 unspecified atom stereocenters. The summed E-state index contributed by atoms with van der Waals surface area (Å²) >= 11 is 0. The van der Waals surface area contributed by atoms with E-state index in [1.54, 1.807) is 30.3 Å². The van der Waals surface area contributed by atoms with E-state index in [0.717, 1.165) is 16.9 Å². The lowest BCUT2D eigenvalue weighted by Crippen LogP contribution is -2.15. The van der Waals surface area contributed by atoms with Crippen LogP contribution in [0.25, 0.3) is 11.0 Å². The summed E-state index contributed by atoms with van der Waals surface area (Å²) < 4.78 is 38.3. The standard InChI is InChI=1S/C18H21N3O4S/c1-3-11-24-17-10-9-14(13-18(17)25-12-4-2)26(22,23)21-16-8-6-5-7-15(16)19-20-21/h5-10,13H,3-4,11-12H2,1-2H3. The molecule has 8 heteroatoms. The van der Waals surface area contributed by atoms with Crippen molar-refractivity contribution in [3.8, 4) is 11.5 Å². The first-order valence-corrected chi connectivity index (χ1v) is 9.97. The van der Waals surface area contributed by atoms with Gasteiger partial charge in [0, 0.05) is 6.07 Å². The first kappa shape index (κ1) is 18.2. The lowest BCUT2D eigenvalue weighted by molar-refractivity contribution is 0.267. The molecule has 0 aliphatic rings. The predicted octanol–water partition coefficient (Wildman–Crippen LogP) is 3.25. The highest BCUT2D eigenvalue weighted by Crippen LogP contribution is 2.31. The molecule has 0 bridgehead atoms. The summed E-state index contributed by atoms with van der Waals surface area (Å²) in [7, 11) is -3.90. The number of aromatic nitrogens is 3. The van der Waals surface area contributed by atoms with Crippen molar-refractivity contribution >= 4 is 21.1 Å². The van der Waals surface area contributed by atoms with Gasteiger partial charge < -0.3 is 9.47 Å². The molecule has 0 radical (unpaired) electrons. The summed E-state index contributed by atoms with van der Waals surface area (Å²) in [6, 6.07) is 11.5. The van der Waals surface area contributed by atoms with Crippen LogP contribution in [0.3, 0.4) is 0 Å². The molecule has 3 rings (SSSR count). The lowest BCUT2D eigenvalue weighted by atomic mass is 10.3. The monoisotopic (exact) mass is 375 g/mol. The Morgan fingerprint density at radius 3 is 2.38 bits per heavy atom. The number of nitrogens with zero attached hydrogens (tertiary/aromatic N) is 3. The first-order chi connectivity index (χ1) is 12.6. The van der Waals surface area contributed by atoms with Crippen LogP contribution in [0.2, 0.25) is 0 Å². The normalized spacial score (nSPS) is 11.6. The fourth-order valence-electron chi connectivity index (χ4n) is 2.43. The molecule has 2 aromatic carbocycles. The third kappa shape index (κ3) is 3.50. The van der Waals surface area contributed by atoms with Crippen LogP contribution in [0.4, 0.5) is 0 Å². The van der Waals surface area contributed by atoms with E-state index < -0.39 is 10.0 Å².